The zero-order chi connectivity index (χ0) is 9.80. The Bertz CT molecular complexity index is 484. The number of aromatic nitrogens is 4. The lowest BCUT2D eigenvalue weighted by Crippen LogP contribution is -1.90. The molecule has 0 aliphatic carbocycles. The maximum absolute atomic E-state index is 4.91. The Kier molecular flexibility index (Phi) is 2.46. The molecule has 2 heterocycles. The summed E-state index contributed by atoms with van der Waals surface area (Å²) in [4.78, 5) is 4.08. The normalized spacial score (nSPS) is 10.9. The van der Waals surface area contributed by atoms with Crippen LogP contribution in [0.3, 0.4) is 0 Å². The van der Waals surface area contributed by atoms with Crippen LogP contribution >= 0.6 is 12.2 Å². The van der Waals surface area contributed by atoms with Gasteiger partial charge in [-0.2, -0.15) is 14.9 Å². The molecule has 0 unspecified atom stereocenters. The number of rotatable bonds is 2. The van der Waals surface area contributed by atoms with E-state index in [1.54, 1.807) is 12.4 Å². The molecule has 5 nitrogen and oxygen atoms in total. The lowest BCUT2D eigenvalue weighted by molar-refractivity contribution is 0.862. The van der Waals surface area contributed by atoms with E-state index in [2.05, 4.69) is 20.3 Å². The summed E-state index contributed by atoms with van der Waals surface area (Å²) in [6.45, 7) is 0. The molecule has 0 saturated heterocycles. The van der Waals surface area contributed by atoms with E-state index in [0.717, 1.165) is 5.69 Å². The van der Waals surface area contributed by atoms with Crippen molar-refractivity contribution in [3.8, 4) is 0 Å². The molecule has 0 aromatic carbocycles. The van der Waals surface area contributed by atoms with Crippen molar-refractivity contribution in [3.05, 3.63) is 41.2 Å². The van der Waals surface area contributed by atoms with E-state index in [1.807, 2.05) is 18.2 Å². The molecule has 0 spiro atoms. The first-order valence-corrected chi connectivity index (χ1v) is 4.34. The van der Waals surface area contributed by atoms with Gasteiger partial charge in [0.15, 0.2) is 0 Å². The first kappa shape index (κ1) is 8.76. The summed E-state index contributed by atoms with van der Waals surface area (Å²) < 4.78 is 1.92. The van der Waals surface area contributed by atoms with Crippen LogP contribution in [0.25, 0.3) is 0 Å². The molecule has 0 fully saturated rings. The van der Waals surface area contributed by atoms with Crippen molar-refractivity contribution < 1.29 is 0 Å². The van der Waals surface area contributed by atoms with Crippen LogP contribution in [-0.2, 0) is 0 Å². The molecule has 1 N–H and O–H groups in total. The predicted octanol–water partition coefficient (Wildman–Crippen LogP) is 1.22. The highest BCUT2D eigenvalue weighted by atomic mass is 32.1. The van der Waals surface area contributed by atoms with E-state index in [9.17, 15) is 0 Å². The van der Waals surface area contributed by atoms with Gasteiger partial charge in [-0.3, -0.25) is 10.1 Å². The van der Waals surface area contributed by atoms with Gasteiger partial charge in [-0.05, 0) is 24.4 Å². The van der Waals surface area contributed by atoms with Gasteiger partial charge < -0.3 is 0 Å². The molecule has 2 rings (SSSR count). The molecular formula is C8H7N5S. The molecule has 0 aliphatic heterocycles. The Labute approximate surface area is 85.1 Å². The Morgan fingerprint density at radius 3 is 3.07 bits per heavy atom. The molecule has 6 heteroatoms. The Balaban J connectivity index is 2.24. The first-order valence-electron chi connectivity index (χ1n) is 3.94. The maximum atomic E-state index is 4.91. The standard InChI is InChI=1S/C8H7N5S/c14-8-12-10-6-13(8)11-5-7-3-1-2-4-9-7/h1-6H,(H,12,14)/b11-5-. The largest absolute Gasteiger partial charge is 0.255 e. The number of nitrogens with zero attached hydrogens (tertiary/aromatic N) is 4. The highest BCUT2D eigenvalue weighted by Gasteiger charge is 1.89. The number of hydrogen-bond donors (Lipinski definition) is 1. The second-order valence-electron chi connectivity index (χ2n) is 2.51. The minimum atomic E-state index is 0.456. The molecule has 2 aromatic rings. The van der Waals surface area contributed by atoms with Gasteiger partial charge in [0.05, 0.1) is 11.9 Å². The average Bonchev–Trinajstić information content (AvgIpc) is 2.63. The van der Waals surface area contributed by atoms with Crippen molar-refractivity contribution in [1.82, 2.24) is 19.9 Å². The van der Waals surface area contributed by atoms with Crippen LogP contribution in [0.1, 0.15) is 5.69 Å². The van der Waals surface area contributed by atoms with E-state index in [-0.39, 0.29) is 0 Å². The summed E-state index contributed by atoms with van der Waals surface area (Å²) in [6, 6.07) is 5.59. The van der Waals surface area contributed by atoms with Crippen LogP contribution in [0, 0.1) is 4.77 Å². The zero-order valence-electron chi connectivity index (χ0n) is 7.16. The second kappa shape index (κ2) is 3.93. The topological polar surface area (TPSA) is 58.9 Å². The summed E-state index contributed by atoms with van der Waals surface area (Å²) in [5, 5.41) is 10.4. The predicted molar refractivity (Wildman–Crippen MR) is 54.6 cm³/mol. The molecule has 0 atom stereocenters. The molecule has 2 aromatic heterocycles. The monoisotopic (exact) mass is 205 g/mol. The van der Waals surface area contributed by atoms with Crippen molar-refractivity contribution in [2.45, 2.75) is 0 Å². The van der Waals surface area contributed by atoms with Gasteiger partial charge in [-0.1, -0.05) is 6.07 Å². The minimum absolute atomic E-state index is 0.456. The Morgan fingerprint density at radius 2 is 2.43 bits per heavy atom. The fraction of sp³-hybridized carbons (Fsp3) is 0. The van der Waals surface area contributed by atoms with E-state index in [1.165, 1.54) is 11.0 Å². The van der Waals surface area contributed by atoms with Gasteiger partial charge in [0.1, 0.15) is 6.33 Å². The summed E-state index contributed by atoms with van der Waals surface area (Å²) in [5.74, 6) is 0. The molecule has 0 amide bonds. The van der Waals surface area contributed by atoms with E-state index < -0.39 is 0 Å². The molecule has 0 aliphatic rings. The quantitative estimate of drug-likeness (QED) is 0.592. The summed E-state index contributed by atoms with van der Waals surface area (Å²) >= 11 is 4.91. The number of aromatic amines is 1. The third-order valence-electron chi connectivity index (χ3n) is 1.54. The van der Waals surface area contributed by atoms with Crippen LogP contribution in [0.2, 0.25) is 0 Å². The van der Waals surface area contributed by atoms with Gasteiger partial charge in [0, 0.05) is 6.20 Å². The highest BCUT2D eigenvalue weighted by Crippen LogP contribution is 1.90. The molecule has 14 heavy (non-hydrogen) atoms. The minimum Gasteiger partial charge on any atom is -0.255 e. The van der Waals surface area contributed by atoms with E-state index >= 15 is 0 Å². The van der Waals surface area contributed by atoms with E-state index in [0.29, 0.717) is 4.77 Å². The summed E-state index contributed by atoms with van der Waals surface area (Å²) in [5.41, 5.74) is 0.774. The first-order chi connectivity index (χ1) is 6.86. The fourth-order valence-corrected chi connectivity index (χ4v) is 1.05. The van der Waals surface area contributed by atoms with Crippen molar-refractivity contribution in [2.75, 3.05) is 0 Å². The third-order valence-corrected chi connectivity index (χ3v) is 1.82. The lowest BCUT2D eigenvalue weighted by atomic mass is 10.4. The van der Waals surface area contributed by atoms with E-state index in [4.69, 9.17) is 12.2 Å². The SMILES string of the molecule is S=c1[nH]ncn1/N=C\c1ccccn1. The van der Waals surface area contributed by atoms with Gasteiger partial charge in [0.2, 0.25) is 4.77 Å². The Morgan fingerprint density at radius 1 is 1.50 bits per heavy atom. The summed E-state index contributed by atoms with van der Waals surface area (Å²) in [7, 11) is 0. The lowest BCUT2D eigenvalue weighted by Gasteiger charge is -1.90. The molecular weight excluding hydrogens is 198 g/mol. The van der Waals surface area contributed by atoms with Crippen LogP contribution in [-0.4, -0.2) is 26.1 Å². The second-order valence-corrected chi connectivity index (χ2v) is 2.89. The number of H-pyrrole nitrogens is 1. The number of pyridine rings is 1. The maximum Gasteiger partial charge on any atom is 0.216 e. The molecule has 70 valence electrons. The van der Waals surface area contributed by atoms with Crippen molar-refractivity contribution >= 4 is 18.4 Å². The zero-order valence-corrected chi connectivity index (χ0v) is 7.98. The van der Waals surface area contributed by atoms with Crippen LogP contribution in [0.15, 0.2) is 35.8 Å². The molecule has 0 saturated carbocycles. The average molecular weight is 205 g/mol. The Hall–Kier alpha value is -1.82. The molecule has 0 radical (unpaired) electrons. The smallest absolute Gasteiger partial charge is 0.216 e. The van der Waals surface area contributed by atoms with Crippen LogP contribution < -0.4 is 0 Å². The van der Waals surface area contributed by atoms with Crippen LogP contribution in [0.5, 0.6) is 0 Å². The van der Waals surface area contributed by atoms with Gasteiger partial charge in [0.25, 0.3) is 0 Å². The van der Waals surface area contributed by atoms with Gasteiger partial charge in [-0.15, -0.1) is 0 Å². The highest BCUT2D eigenvalue weighted by molar-refractivity contribution is 7.71. The van der Waals surface area contributed by atoms with Crippen molar-refractivity contribution in [3.63, 3.8) is 0 Å². The van der Waals surface area contributed by atoms with Gasteiger partial charge in [-0.25, -0.2) is 0 Å². The van der Waals surface area contributed by atoms with Crippen molar-refractivity contribution in [1.29, 1.82) is 0 Å². The van der Waals surface area contributed by atoms with Crippen molar-refractivity contribution in [2.24, 2.45) is 5.10 Å². The number of hydrogen-bond acceptors (Lipinski definition) is 4. The number of nitrogens with one attached hydrogen (secondary N) is 1. The van der Waals surface area contributed by atoms with Gasteiger partial charge >= 0.3 is 0 Å². The molecule has 0 bridgehead atoms. The summed E-state index contributed by atoms with van der Waals surface area (Å²) in [6.07, 6.45) is 4.82. The fourth-order valence-electron chi connectivity index (χ4n) is 0.898. The van der Waals surface area contributed by atoms with Crippen LogP contribution in [0.4, 0.5) is 0 Å². The third kappa shape index (κ3) is 1.91.